The van der Waals surface area contributed by atoms with Crippen molar-refractivity contribution < 1.29 is 32.6 Å². The molecule has 5 rings (SSSR count). The van der Waals surface area contributed by atoms with Crippen LogP contribution in [0.3, 0.4) is 0 Å². The number of benzene rings is 4. The first kappa shape index (κ1) is 25.4. The fourth-order valence-electron chi connectivity index (χ4n) is 4.27. The number of rotatable bonds is 5. The number of aromatic carboxylic acids is 1. The van der Waals surface area contributed by atoms with Crippen LogP contribution in [0.2, 0.25) is 0 Å². The average Bonchev–Trinajstić information content (AvgIpc) is 2.87. The molecule has 3 aromatic rings. The second kappa shape index (κ2) is 9.59. The number of fused-ring (bicyclic) bond motifs is 2. The van der Waals surface area contributed by atoms with Crippen molar-refractivity contribution >= 4 is 44.4 Å². The topological polar surface area (TPSA) is 189 Å². The van der Waals surface area contributed by atoms with Gasteiger partial charge in [-0.05, 0) is 54.1 Å². The number of carboxylic acid groups (broad SMARTS) is 1. The summed E-state index contributed by atoms with van der Waals surface area (Å²) in [4.78, 5) is 36.7. The predicted molar refractivity (Wildman–Crippen MR) is 144 cm³/mol. The van der Waals surface area contributed by atoms with E-state index in [0.717, 1.165) is 0 Å². The van der Waals surface area contributed by atoms with Gasteiger partial charge in [0.15, 0.2) is 5.43 Å². The van der Waals surface area contributed by atoms with Crippen LogP contribution in [0.5, 0.6) is 5.75 Å². The number of phenolic OH excluding ortho intramolecular Hbond substituents is 1. The normalized spacial score (nSPS) is 11.4. The molecule has 0 radical (unpaired) electrons. The molecule has 1 aliphatic heterocycles. The summed E-state index contributed by atoms with van der Waals surface area (Å²) in [5, 5.41) is 30.6. The fraction of sp³-hybridized carbons (Fsp3) is 0. The molecule has 0 saturated heterocycles. The highest BCUT2D eigenvalue weighted by Crippen LogP contribution is 2.42. The van der Waals surface area contributed by atoms with Gasteiger partial charge in [-0.1, -0.05) is 18.2 Å². The minimum Gasteiger partial charge on any atom is -0.508 e. The fourth-order valence-corrected chi connectivity index (χ4v) is 4.96. The zero-order valence-corrected chi connectivity index (χ0v) is 20.7. The number of anilines is 2. The lowest BCUT2D eigenvalue weighted by Crippen LogP contribution is -2.22. The van der Waals surface area contributed by atoms with Crippen LogP contribution in [0, 0.1) is 0 Å². The van der Waals surface area contributed by atoms with Gasteiger partial charge in [-0.25, -0.2) is 23.1 Å². The van der Waals surface area contributed by atoms with Crippen LogP contribution in [0.25, 0.3) is 33.4 Å². The lowest BCUT2D eigenvalue weighted by atomic mass is 9.90. The van der Waals surface area contributed by atoms with Gasteiger partial charge < -0.3 is 25.3 Å². The molecule has 0 bridgehead atoms. The maximum absolute atomic E-state index is 12.6. The first-order chi connectivity index (χ1) is 18.5. The van der Waals surface area contributed by atoms with Crippen molar-refractivity contribution in [3.8, 4) is 28.2 Å². The summed E-state index contributed by atoms with van der Waals surface area (Å²) >= 11 is 0. The van der Waals surface area contributed by atoms with Gasteiger partial charge in [-0.2, -0.15) is 0 Å². The Bertz CT molecular complexity index is 1930. The quantitative estimate of drug-likeness (QED) is 0.202. The highest BCUT2D eigenvalue weighted by Gasteiger charge is 2.23. The number of phenols is 1. The van der Waals surface area contributed by atoms with Gasteiger partial charge in [-0.3, -0.25) is 4.79 Å². The lowest BCUT2D eigenvalue weighted by molar-refractivity contribution is 0.0697. The number of urea groups is 1. The maximum atomic E-state index is 12.6. The Balaban J connectivity index is 1.58. The zero-order valence-electron chi connectivity index (χ0n) is 19.8. The van der Waals surface area contributed by atoms with Gasteiger partial charge in [-0.15, -0.1) is 0 Å². The molecule has 3 aromatic carbocycles. The number of amides is 2. The van der Waals surface area contributed by atoms with E-state index in [0.29, 0.717) is 16.5 Å². The third-order valence-corrected chi connectivity index (χ3v) is 6.86. The molecule has 2 amide bonds. The van der Waals surface area contributed by atoms with E-state index < -0.39 is 22.0 Å². The van der Waals surface area contributed by atoms with Crippen molar-refractivity contribution in [1.82, 2.24) is 0 Å². The van der Waals surface area contributed by atoms with Crippen LogP contribution >= 0.6 is 0 Å². The first-order valence-electron chi connectivity index (χ1n) is 11.3. The summed E-state index contributed by atoms with van der Waals surface area (Å²) in [5.41, 5.74) is 0.971. The Labute approximate surface area is 220 Å². The Morgan fingerprint density at radius 1 is 0.872 bits per heavy atom. The Hall–Kier alpha value is -5.20. The average molecular weight is 546 g/mol. The lowest BCUT2D eigenvalue weighted by Gasteiger charge is -2.17. The number of primary sulfonamides is 1. The Morgan fingerprint density at radius 3 is 2.36 bits per heavy atom. The van der Waals surface area contributed by atoms with Crippen LogP contribution in [0.1, 0.15) is 10.4 Å². The predicted octanol–water partition coefficient (Wildman–Crippen LogP) is 4.26. The Kier molecular flexibility index (Phi) is 6.26. The number of aromatic hydroxyl groups is 1. The minimum absolute atomic E-state index is 0.0560. The van der Waals surface area contributed by atoms with E-state index in [1.165, 1.54) is 72.8 Å². The number of hydrogen-bond acceptors (Lipinski definition) is 7. The molecule has 0 fully saturated rings. The molecule has 0 aromatic heterocycles. The summed E-state index contributed by atoms with van der Waals surface area (Å²) in [7, 11) is -4.11. The monoisotopic (exact) mass is 545 g/mol. The van der Waals surface area contributed by atoms with E-state index >= 15 is 0 Å². The van der Waals surface area contributed by atoms with E-state index in [4.69, 9.17) is 9.56 Å². The molecule has 11 nitrogen and oxygen atoms in total. The van der Waals surface area contributed by atoms with Crippen LogP contribution in [-0.2, 0) is 10.0 Å². The molecular weight excluding hydrogens is 526 g/mol. The van der Waals surface area contributed by atoms with E-state index in [9.17, 15) is 33.0 Å². The molecule has 0 saturated carbocycles. The van der Waals surface area contributed by atoms with Gasteiger partial charge in [0, 0.05) is 34.3 Å². The SMILES string of the molecule is NS(=O)(=O)c1ccccc1NC(=O)Nc1ccc(-c2c3ccc(=O)cc-3oc3cc(O)ccc23)c(C(=O)O)c1. The largest absolute Gasteiger partial charge is 0.508 e. The van der Waals surface area contributed by atoms with Crippen molar-refractivity contribution in [3.63, 3.8) is 0 Å². The molecule has 0 atom stereocenters. The van der Waals surface area contributed by atoms with Crippen LogP contribution in [0.4, 0.5) is 16.2 Å². The number of hydrogen-bond donors (Lipinski definition) is 5. The van der Waals surface area contributed by atoms with Crippen LogP contribution in [-0.4, -0.2) is 30.6 Å². The molecule has 6 N–H and O–H groups in total. The number of para-hydroxylation sites is 1. The Morgan fingerprint density at radius 2 is 1.62 bits per heavy atom. The van der Waals surface area contributed by atoms with Gasteiger partial charge in [0.25, 0.3) is 0 Å². The molecule has 12 heteroatoms. The summed E-state index contributed by atoms with van der Waals surface area (Å²) in [5.74, 6) is -1.18. The first-order valence-corrected chi connectivity index (χ1v) is 12.8. The van der Waals surface area contributed by atoms with Gasteiger partial charge in [0.1, 0.15) is 22.0 Å². The van der Waals surface area contributed by atoms with Crippen molar-refractivity contribution in [3.05, 3.63) is 94.6 Å². The number of sulfonamides is 1. The second-order valence-corrected chi connectivity index (χ2v) is 10.0. The molecule has 1 aliphatic carbocycles. The van der Waals surface area contributed by atoms with E-state index in [-0.39, 0.29) is 49.9 Å². The number of nitrogens with two attached hydrogens (primary N) is 1. The van der Waals surface area contributed by atoms with Gasteiger partial charge in [0.05, 0.1) is 11.3 Å². The van der Waals surface area contributed by atoms with Crippen molar-refractivity contribution in [2.75, 3.05) is 10.6 Å². The summed E-state index contributed by atoms with van der Waals surface area (Å²) in [6, 6.07) is 17.4. The molecular formula is C27H19N3O8S. The molecule has 1 heterocycles. The summed E-state index contributed by atoms with van der Waals surface area (Å²) in [6.07, 6.45) is 0. The van der Waals surface area contributed by atoms with Crippen molar-refractivity contribution in [2.45, 2.75) is 4.90 Å². The van der Waals surface area contributed by atoms with E-state index in [1.54, 1.807) is 6.07 Å². The van der Waals surface area contributed by atoms with Crippen molar-refractivity contribution in [1.29, 1.82) is 0 Å². The molecule has 39 heavy (non-hydrogen) atoms. The van der Waals surface area contributed by atoms with Gasteiger partial charge in [0.2, 0.25) is 10.0 Å². The van der Waals surface area contributed by atoms with E-state index in [2.05, 4.69) is 10.6 Å². The third-order valence-electron chi connectivity index (χ3n) is 5.90. The smallest absolute Gasteiger partial charge is 0.336 e. The van der Waals surface area contributed by atoms with Crippen LogP contribution in [0.15, 0.2) is 93.0 Å². The minimum atomic E-state index is -4.11. The third kappa shape index (κ3) is 5.01. The molecule has 0 spiro atoms. The summed E-state index contributed by atoms with van der Waals surface area (Å²) in [6.45, 7) is 0. The number of carbonyl (C=O) groups is 2. The maximum Gasteiger partial charge on any atom is 0.336 e. The number of carboxylic acids is 1. The van der Waals surface area contributed by atoms with Crippen LogP contribution < -0.4 is 21.2 Å². The van der Waals surface area contributed by atoms with Gasteiger partial charge >= 0.3 is 12.0 Å². The molecule has 0 unspecified atom stereocenters. The summed E-state index contributed by atoms with van der Waals surface area (Å²) < 4.78 is 29.4. The molecule has 196 valence electrons. The zero-order chi connectivity index (χ0) is 27.9. The second-order valence-electron chi connectivity index (χ2n) is 8.50. The highest BCUT2D eigenvalue weighted by molar-refractivity contribution is 7.89. The number of carbonyl (C=O) groups excluding carboxylic acids is 1. The number of nitrogens with one attached hydrogen (secondary N) is 2. The van der Waals surface area contributed by atoms with E-state index in [1.807, 2.05) is 0 Å². The van der Waals surface area contributed by atoms with Crippen molar-refractivity contribution in [2.24, 2.45) is 5.14 Å². The molecule has 2 aliphatic rings. The highest BCUT2D eigenvalue weighted by atomic mass is 32.2. The standard InChI is InChI=1S/C27H19N3O8S/c28-39(36,37)24-4-2-1-3-21(24)30-27(35)29-14-5-8-17(20(11-14)26(33)34)25-18-9-6-15(31)12-22(18)38-23-13-16(32)7-10-19(23)25/h1-13,31H,(H,33,34)(H2,28,36,37)(H2,29,30,35).